The standard InChI is InChI=1S/C16H25BrN2O/c1-11(18-3)15-5-4-14(17)10-16(15)19-8-6-13(7-9-19)12(2)20/h4-5,10-13,18,20H,6-9H2,1-3H3. The Hall–Kier alpha value is -0.580. The molecular weight excluding hydrogens is 316 g/mol. The van der Waals surface area contributed by atoms with Gasteiger partial charge in [-0.1, -0.05) is 22.0 Å². The van der Waals surface area contributed by atoms with Crippen LogP contribution in [0.2, 0.25) is 0 Å². The first-order valence-corrected chi connectivity index (χ1v) is 8.22. The van der Waals surface area contributed by atoms with Crippen molar-refractivity contribution in [2.24, 2.45) is 5.92 Å². The maximum absolute atomic E-state index is 9.72. The summed E-state index contributed by atoms with van der Waals surface area (Å²) >= 11 is 3.58. The van der Waals surface area contributed by atoms with Crippen LogP contribution in [0.15, 0.2) is 22.7 Å². The van der Waals surface area contributed by atoms with E-state index in [1.165, 1.54) is 11.3 Å². The highest BCUT2D eigenvalue weighted by Gasteiger charge is 2.24. The van der Waals surface area contributed by atoms with Crippen molar-refractivity contribution < 1.29 is 5.11 Å². The summed E-state index contributed by atoms with van der Waals surface area (Å²) in [5.74, 6) is 0.448. The number of nitrogens with one attached hydrogen (secondary N) is 1. The van der Waals surface area contributed by atoms with E-state index in [2.05, 4.69) is 51.3 Å². The molecule has 3 nitrogen and oxygen atoms in total. The third kappa shape index (κ3) is 3.54. The fourth-order valence-electron chi connectivity index (χ4n) is 2.94. The van der Waals surface area contributed by atoms with Crippen LogP contribution in [0, 0.1) is 5.92 Å². The molecule has 1 aromatic rings. The molecule has 112 valence electrons. The van der Waals surface area contributed by atoms with Crippen LogP contribution in [0.5, 0.6) is 0 Å². The fraction of sp³-hybridized carbons (Fsp3) is 0.625. The largest absolute Gasteiger partial charge is 0.393 e. The maximum atomic E-state index is 9.72. The average Bonchev–Trinajstić information content (AvgIpc) is 2.46. The van der Waals surface area contributed by atoms with E-state index in [0.717, 1.165) is 30.4 Å². The minimum atomic E-state index is -0.185. The molecule has 0 aromatic heterocycles. The lowest BCUT2D eigenvalue weighted by molar-refractivity contribution is 0.110. The van der Waals surface area contributed by atoms with E-state index in [1.807, 2.05) is 14.0 Å². The minimum absolute atomic E-state index is 0.185. The molecule has 0 bridgehead atoms. The summed E-state index contributed by atoms with van der Waals surface area (Å²) in [5.41, 5.74) is 2.65. The number of hydrogen-bond donors (Lipinski definition) is 2. The van der Waals surface area contributed by atoms with Gasteiger partial charge in [-0.2, -0.15) is 0 Å². The van der Waals surface area contributed by atoms with Gasteiger partial charge < -0.3 is 15.3 Å². The second-order valence-electron chi connectivity index (χ2n) is 5.78. The van der Waals surface area contributed by atoms with Gasteiger partial charge in [-0.05, 0) is 57.4 Å². The topological polar surface area (TPSA) is 35.5 Å². The fourth-order valence-corrected chi connectivity index (χ4v) is 3.28. The van der Waals surface area contributed by atoms with Gasteiger partial charge in [0.25, 0.3) is 0 Å². The second kappa shape index (κ2) is 6.92. The number of rotatable bonds is 4. The van der Waals surface area contributed by atoms with Crippen LogP contribution >= 0.6 is 15.9 Å². The predicted molar refractivity (Wildman–Crippen MR) is 88.2 cm³/mol. The zero-order valence-corrected chi connectivity index (χ0v) is 14.2. The van der Waals surface area contributed by atoms with Gasteiger partial charge in [0.15, 0.2) is 0 Å². The smallest absolute Gasteiger partial charge is 0.0541 e. The maximum Gasteiger partial charge on any atom is 0.0541 e. The number of anilines is 1. The average molecular weight is 341 g/mol. The van der Waals surface area contributed by atoms with Gasteiger partial charge in [-0.25, -0.2) is 0 Å². The van der Waals surface area contributed by atoms with E-state index in [0.29, 0.717) is 12.0 Å². The molecule has 0 saturated carbocycles. The summed E-state index contributed by atoms with van der Waals surface area (Å²) in [6.07, 6.45) is 1.95. The third-order valence-corrected chi connectivity index (χ3v) is 4.95. The molecule has 2 atom stereocenters. The van der Waals surface area contributed by atoms with Gasteiger partial charge in [0, 0.05) is 29.3 Å². The number of aliphatic hydroxyl groups is 1. The van der Waals surface area contributed by atoms with Crippen molar-refractivity contribution in [3.63, 3.8) is 0 Å². The Kier molecular flexibility index (Phi) is 5.47. The summed E-state index contributed by atoms with van der Waals surface area (Å²) in [6.45, 7) is 6.15. The molecule has 0 spiro atoms. The van der Waals surface area contributed by atoms with Crippen LogP contribution in [-0.4, -0.2) is 31.3 Å². The number of halogens is 1. The van der Waals surface area contributed by atoms with Crippen molar-refractivity contribution in [2.75, 3.05) is 25.0 Å². The van der Waals surface area contributed by atoms with Gasteiger partial charge in [0.05, 0.1) is 6.10 Å². The van der Waals surface area contributed by atoms with Crippen LogP contribution in [-0.2, 0) is 0 Å². The Labute approximate surface area is 130 Å². The molecule has 1 aliphatic rings. The molecule has 2 rings (SSSR count). The van der Waals surface area contributed by atoms with Crippen molar-refractivity contribution in [2.45, 2.75) is 38.8 Å². The van der Waals surface area contributed by atoms with Crippen molar-refractivity contribution in [1.82, 2.24) is 5.32 Å². The first kappa shape index (κ1) is 15.8. The molecule has 1 aromatic carbocycles. The van der Waals surface area contributed by atoms with Crippen molar-refractivity contribution in [1.29, 1.82) is 0 Å². The molecule has 1 heterocycles. The molecular formula is C16H25BrN2O. The SMILES string of the molecule is CNC(C)c1ccc(Br)cc1N1CCC(C(C)O)CC1. The number of benzene rings is 1. The van der Waals surface area contributed by atoms with Gasteiger partial charge in [-0.15, -0.1) is 0 Å². The van der Waals surface area contributed by atoms with Crippen LogP contribution < -0.4 is 10.2 Å². The summed E-state index contributed by atoms with van der Waals surface area (Å²) in [6, 6.07) is 6.86. The van der Waals surface area contributed by atoms with Gasteiger partial charge in [0.1, 0.15) is 0 Å². The van der Waals surface area contributed by atoms with Crippen molar-refractivity contribution in [3.8, 4) is 0 Å². The van der Waals surface area contributed by atoms with Gasteiger partial charge in [0.2, 0.25) is 0 Å². The van der Waals surface area contributed by atoms with Crippen LogP contribution in [0.1, 0.15) is 38.3 Å². The molecule has 0 radical (unpaired) electrons. The monoisotopic (exact) mass is 340 g/mol. The van der Waals surface area contributed by atoms with E-state index in [9.17, 15) is 5.11 Å². The summed E-state index contributed by atoms with van der Waals surface area (Å²) < 4.78 is 1.12. The van der Waals surface area contributed by atoms with Gasteiger partial charge >= 0.3 is 0 Å². The lowest BCUT2D eigenvalue weighted by Gasteiger charge is -2.36. The van der Waals surface area contributed by atoms with Crippen molar-refractivity contribution in [3.05, 3.63) is 28.2 Å². The summed E-state index contributed by atoms with van der Waals surface area (Å²) in [4.78, 5) is 2.45. The molecule has 1 aliphatic heterocycles. The van der Waals surface area contributed by atoms with E-state index in [1.54, 1.807) is 0 Å². The molecule has 0 amide bonds. The molecule has 0 aliphatic carbocycles. The predicted octanol–water partition coefficient (Wildman–Crippen LogP) is 3.33. The summed E-state index contributed by atoms with van der Waals surface area (Å²) in [7, 11) is 2.00. The van der Waals surface area contributed by atoms with E-state index in [4.69, 9.17) is 0 Å². The first-order chi connectivity index (χ1) is 9.52. The van der Waals surface area contributed by atoms with Crippen molar-refractivity contribution >= 4 is 21.6 Å². The molecule has 2 unspecified atom stereocenters. The molecule has 4 heteroatoms. The lowest BCUT2D eigenvalue weighted by atomic mass is 9.91. The highest BCUT2D eigenvalue weighted by atomic mass is 79.9. The van der Waals surface area contributed by atoms with Crippen LogP contribution in [0.3, 0.4) is 0 Å². The number of nitrogens with zero attached hydrogens (tertiary/aromatic N) is 1. The highest BCUT2D eigenvalue weighted by Crippen LogP contribution is 2.33. The molecule has 20 heavy (non-hydrogen) atoms. The lowest BCUT2D eigenvalue weighted by Crippen LogP contribution is -2.37. The third-order valence-electron chi connectivity index (χ3n) is 4.45. The zero-order chi connectivity index (χ0) is 14.7. The summed E-state index contributed by atoms with van der Waals surface area (Å²) in [5, 5.41) is 13.0. The van der Waals surface area contributed by atoms with Gasteiger partial charge in [-0.3, -0.25) is 0 Å². The Morgan fingerprint density at radius 2 is 1.95 bits per heavy atom. The van der Waals surface area contributed by atoms with E-state index in [-0.39, 0.29) is 6.10 Å². The minimum Gasteiger partial charge on any atom is -0.393 e. The number of aliphatic hydroxyl groups excluding tert-OH is 1. The first-order valence-electron chi connectivity index (χ1n) is 7.42. The Bertz CT molecular complexity index is 442. The quantitative estimate of drug-likeness (QED) is 0.882. The molecule has 1 saturated heterocycles. The number of hydrogen-bond acceptors (Lipinski definition) is 3. The molecule has 2 N–H and O–H groups in total. The Balaban J connectivity index is 2.18. The zero-order valence-electron chi connectivity index (χ0n) is 12.6. The Morgan fingerprint density at radius 1 is 1.30 bits per heavy atom. The van der Waals surface area contributed by atoms with E-state index < -0.39 is 0 Å². The van der Waals surface area contributed by atoms with Crippen LogP contribution in [0.25, 0.3) is 0 Å². The molecule has 1 fully saturated rings. The highest BCUT2D eigenvalue weighted by molar-refractivity contribution is 9.10. The Morgan fingerprint density at radius 3 is 2.50 bits per heavy atom. The number of piperidine rings is 1. The van der Waals surface area contributed by atoms with Crippen LogP contribution in [0.4, 0.5) is 5.69 Å². The van der Waals surface area contributed by atoms with E-state index >= 15 is 0 Å². The normalized spacial score (nSPS) is 19.9. The second-order valence-corrected chi connectivity index (χ2v) is 6.69.